The van der Waals surface area contributed by atoms with E-state index < -0.39 is 0 Å². The Bertz CT molecular complexity index is 594. The van der Waals surface area contributed by atoms with Gasteiger partial charge in [-0.15, -0.1) is 23.2 Å². The largest absolute Gasteiger partial charge is 0.496 e. The first-order valence-corrected chi connectivity index (χ1v) is 8.10. The van der Waals surface area contributed by atoms with Gasteiger partial charge in [-0.1, -0.05) is 41.9 Å². The lowest BCUT2D eigenvalue weighted by Crippen LogP contribution is -2.33. The molecule has 4 heteroatoms. The van der Waals surface area contributed by atoms with Crippen LogP contribution in [-0.2, 0) is 11.8 Å². The van der Waals surface area contributed by atoms with Gasteiger partial charge in [0, 0.05) is 22.2 Å². The van der Waals surface area contributed by atoms with Crippen molar-refractivity contribution in [3.05, 3.63) is 64.7 Å². The quantitative estimate of drug-likeness (QED) is 0.646. The van der Waals surface area contributed by atoms with Crippen LogP contribution >= 0.6 is 34.8 Å². The van der Waals surface area contributed by atoms with Crippen LogP contribution < -0.4 is 4.74 Å². The topological polar surface area (TPSA) is 9.23 Å². The Kier molecular flexibility index (Phi) is 5.80. The van der Waals surface area contributed by atoms with Gasteiger partial charge in [0.15, 0.2) is 0 Å². The third-order valence-corrected chi connectivity index (χ3v) is 4.93. The van der Waals surface area contributed by atoms with Crippen LogP contribution in [0.3, 0.4) is 0 Å². The molecule has 0 atom stereocenters. The summed E-state index contributed by atoms with van der Waals surface area (Å²) in [6.07, 6.45) is 0.699. The number of halogens is 3. The molecule has 21 heavy (non-hydrogen) atoms. The molecule has 1 nitrogen and oxygen atoms in total. The molecule has 0 amide bonds. The number of hydrogen-bond acceptors (Lipinski definition) is 1. The zero-order chi connectivity index (χ0) is 15.3. The standard InChI is InChI=1S/C17H17Cl3O/c1-21-16-8-3-2-5-13(16)10-17(11-18,12-19)14-6-4-7-15(20)9-14/h2-9H,10-12H2,1H3. The summed E-state index contributed by atoms with van der Waals surface area (Å²) in [5.74, 6) is 1.67. The lowest BCUT2D eigenvalue weighted by atomic mass is 9.78. The molecule has 0 heterocycles. The molecule has 2 aromatic carbocycles. The molecule has 112 valence electrons. The summed E-state index contributed by atoms with van der Waals surface area (Å²) >= 11 is 18.7. The van der Waals surface area contributed by atoms with E-state index in [0.29, 0.717) is 23.2 Å². The molecule has 0 saturated heterocycles. The number of para-hydroxylation sites is 1. The molecule has 0 unspecified atom stereocenters. The van der Waals surface area contributed by atoms with Crippen LogP contribution in [0.5, 0.6) is 5.75 Å². The Morgan fingerprint density at radius 1 is 1.00 bits per heavy atom. The fourth-order valence-electron chi connectivity index (χ4n) is 2.42. The normalized spacial score (nSPS) is 11.4. The van der Waals surface area contributed by atoms with Crippen LogP contribution in [0.15, 0.2) is 48.5 Å². The highest BCUT2D eigenvalue weighted by molar-refractivity contribution is 6.30. The molecule has 0 spiro atoms. The highest BCUT2D eigenvalue weighted by Gasteiger charge is 2.32. The molecule has 0 bridgehead atoms. The average Bonchev–Trinajstić information content (AvgIpc) is 2.53. The maximum absolute atomic E-state index is 6.29. The molecule has 2 aromatic rings. The van der Waals surface area contributed by atoms with E-state index in [4.69, 9.17) is 39.5 Å². The summed E-state index contributed by atoms with van der Waals surface area (Å²) in [7, 11) is 1.67. The van der Waals surface area contributed by atoms with E-state index in [-0.39, 0.29) is 5.41 Å². The summed E-state index contributed by atoms with van der Waals surface area (Å²) in [6, 6.07) is 15.6. The van der Waals surface area contributed by atoms with E-state index in [1.807, 2.05) is 48.5 Å². The lowest BCUT2D eigenvalue weighted by molar-refractivity contribution is 0.403. The summed E-state index contributed by atoms with van der Waals surface area (Å²) in [6.45, 7) is 0. The van der Waals surface area contributed by atoms with E-state index in [9.17, 15) is 0 Å². The molecule has 0 saturated carbocycles. The van der Waals surface area contributed by atoms with Crippen molar-refractivity contribution in [1.82, 2.24) is 0 Å². The van der Waals surface area contributed by atoms with Gasteiger partial charge in [0.1, 0.15) is 5.75 Å². The fraction of sp³-hybridized carbons (Fsp3) is 0.294. The van der Waals surface area contributed by atoms with Gasteiger partial charge in [-0.25, -0.2) is 0 Å². The minimum Gasteiger partial charge on any atom is -0.496 e. The van der Waals surface area contributed by atoms with Crippen LogP contribution in [0.1, 0.15) is 11.1 Å². The molecule has 0 fully saturated rings. The Morgan fingerprint density at radius 2 is 1.71 bits per heavy atom. The molecular weight excluding hydrogens is 327 g/mol. The highest BCUT2D eigenvalue weighted by atomic mass is 35.5. The van der Waals surface area contributed by atoms with Crippen molar-refractivity contribution in [3.8, 4) is 5.75 Å². The first-order chi connectivity index (χ1) is 10.1. The minimum atomic E-state index is -0.372. The van der Waals surface area contributed by atoms with Crippen LogP contribution in [0.4, 0.5) is 0 Å². The van der Waals surface area contributed by atoms with Crippen molar-refractivity contribution < 1.29 is 4.74 Å². The van der Waals surface area contributed by atoms with E-state index in [2.05, 4.69) is 0 Å². The summed E-state index contributed by atoms with van der Waals surface area (Å²) in [4.78, 5) is 0. The predicted molar refractivity (Wildman–Crippen MR) is 91.3 cm³/mol. The second-order valence-electron chi connectivity index (χ2n) is 5.05. The van der Waals surface area contributed by atoms with Crippen molar-refractivity contribution in [2.75, 3.05) is 18.9 Å². The first kappa shape index (κ1) is 16.5. The van der Waals surface area contributed by atoms with Crippen molar-refractivity contribution >= 4 is 34.8 Å². The monoisotopic (exact) mass is 342 g/mol. The molecular formula is C17H17Cl3O. The molecule has 0 aliphatic rings. The van der Waals surface area contributed by atoms with Gasteiger partial charge in [-0.3, -0.25) is 0 Å². The molecule has 0 aliphatic carbocycles. The Morgan fingerprint density at radius 3 is 2.33 bits per heavy atom. The van der Waals surface area contributed by atoms with Gasteiger partial charge in [0.2, 0.25) is 0 Å². The minimum absolute atomic E-state index is 0.372. The average molecular weight is 344 g/mol. The number of ether oxygens (including phenoxy) is 1. The van der Waals surface area contributed by atoms with Crippen LogP contribution in [-0.4, -0.2) is 18.9 Å². The van der Waals surface area contributed by atoms with E-state index in [1.54, 1.807) is 7.11 Å². The SMILES string of the molecule is COc1ccccc1CC(CCl)(CCl)c1cccc(Cl)c1. The molecule has 0 radical (unpaired) electrons. The van der Waals surface area contributed by atoms with Gasteiger partial charge in [-0.2, -0.15) is 0 Å². The van der Waals surface area contributed by atoms with Gasteiger partial charge in [0.05, 0.1) is 7.11 Å². The van der Waals surface area contributed by atoms with Crippen LogP contribution in [0.2, 0.25) is 5.02 Å². The van der Waals surface area contributed by atoms with Crippen molar-refractivity contribution in [2.24, 2.45) is 0 Å². The van der Waals surface area contributed by atoms with Crippen LogP contribution in [0.25, 0.3) is 0 Å². The predicted octanol–water partition coefficient (Wildman–Crippen LogP) is 5.31. The lowest BCUT2D eigenvalue weighted by Gasteiger charge is -2.31. The van der Waals surface area contributed by atoms with Gasteiger partial charge >= 0.3 is 0 Å². The Balaban J connectivity index is 2.43. The van der Waals surface area contributed by atoms with E-state index >= 15 is 0 Å². The summed E-state index contributed by atoms with van der Waals surface area (Å²) in [5.41, 5.74) is 1.76. The van der Waals surface area contributed by atoms with Crippen LogP contribution in [0, 0.1) is 0 Å². The third kappa shape index (κ3) is 3.66. The smallest absolute Gasteiger partial charge is 0.122 e. The second kappa shape index (κ2) is 7.40. The van der Waals surface area contributed by atoms with Gasteiger partial charge in [0.25, 0.3) is 0 Å². The number of methoxy groups -OCH3 is 1. The first-order valence-electron chi connectivity index (χ1n) is 6.65. The zero-order valence-electron chi connectivity index (χ0n) is 11.8. The highest BCUT2D eigenvalue weighted by Crippen LogP contribution is 2.35. The second-order valence-corrected chi connectivity index (χ2v) is 6.02. The van der Waals surface area contributed by atoms with Gasteiger partial charge < -0.3 is 4.74 Å². The van der Waals surface area contributed by atoms with Crippen molar-refractivity contribution in [2.45, 2.75) is 11.8 Å². The van der Waals surface area contributed by atoms with Crippen molar-refractivity contribution in [1.29, 1.82) is 0 Å². The molecule has 0 aromatic heterocycles. The number of alkyl halides is 2. The Labute approximate surface area is 140 Å². The number of rotatable bonds is 6. The third-order valence-electron chi connectivity index (χ3n) is 3.67. The maximum Gasteiger partial charge on any atom is 0.122 e. The molecule has 0 N–H and O–H groups in total. The summed E-state index contributed by atoms with van der Waals surface area (Å²) < 4.78 is 5.43. The maximum atomic E-state index is 6.29. The molecule has 2 rings (SSSR count). The number of hydrogen-bond donors (Lipinski definition) is 0. The van der Waals surface area contributed by atoms with E-state index in [1.165, 1.54) is 0 Å². The van der Waals surface area contributed by atoms with E-state index in [0.717, 1.165) is 16.9 Å². The molecule has 0 aliphatic heterocycles. The zero-order valence-corrected chi connectivity index (χ0v) is 14.1. The van der Waals surface area contributed by atoms with Crippen molar-refractivity contribution in [3.63, 3.8) is 0 Å². The fourth-order valence-corrected chi connectivity index (χ4v) is 3.39. The summed E-state index contributed by atoms with van der Waals surface area (Å²) in [5, 5.41) is 0.687. The Hall–Kier alpha value is -0.890. The number of benzene rings is 2. The van der Waals surface area contributed by atoms with Gasteiger partial charge in [-0.05, 0) is 35.7 Å².